The van der Waals surface area contributed by atoms with Gasteiger partial charge in [0.15, 0.2) is 0 Å². The van der Waals surface area contributed by atoms with Gasteiger partial charge in [0.25, 0.3) is 0 Å². The monoisotopic (exact) mass is 340 g/mol. The van der Waals surface area contributed by atoms with E-state index < -0.39 is 5.79 Å². The highest BCUT2D eigenvalue weighted by Crippen LogP contribution is 2.44. The maximum Gasteiger partial charge on any atom is 0.201 e. The fraction of sp³-hybridized carbons (Fsp3) is 0.478. The van der Waals surface area contributed by atoms with Gasteiger partial charge in [0.2, 0.25) is 5.79 Å². The van der Waals surface area contributed by atoms with Crippen molar-refractivity contribution in [2.24, 2.45) is 0 Å². The molecule has 0 heterocycles. The number of hydrogen-bond donors (Lipinski definition) is 0. The first kappa shape index (κ1) is 19.7. The molecule has 0 aliphatic carbocycles. The molecule has 0 saturated carbocycles. The molecule has 1 atom stereocenters. The molecule has 2 heteroatoms. The van der Waals surface area contributed by atoms with E-state index in [1.807, 2.05) is 0 Å². The van der Waals surface area contributed by atoms with Crippen LogP contribution < -0.4 is 0 Å². The zero-order valence-electron chi connectivity index (χ0n) is 16.7. The standard InChI is InChI=1S/C23H32O2/c1-16(2)19-12-8-9-14-21(19)18(5)23(24-6,25-7)22-15-11-10-13-20(22)17(3)4/h8-18H,1-7H3. The Morgan fingerprint density at radius 3 is 1.56 bits per heavy atom. The highest BCUT2D eigenvalue weighted by molar-refractivity contribution is 5.40. The average molecular weight is 341 g/mol. The van der Waals surface area contributed by atoms with Crippen LogP contribution in [0, 0.1) is 0 Å². The Balaban J connectivity index is 2.66. The summed E-state index contributed by atoms with van der Waals surface area (Å²) < 4.78 is 12.2. The molecule has 1 unspecified atom stereocenters. The summed E-state index contributed by atoms with van der Waals surface area (Å²) in [6.45, 7) is 11.1. The van der Waals surface area contributed by atoms with Crippen molar-refractivity contribution >= 4 is 0 Å². The largest absolute Gasteiger partial charge is 0.349 e. The molecule has 0 aliphatic rings. The molecule has 2 rings (SSSR count). The molecule has 0 N–H and O–H groups in total. The minimum Gasteiger partial charge on any atom is -0.349 e. The summed E-state index contributed by atoms with van der Waals surface area (Å²) in [6.07, 6.45) is 0. The van der Waals surface area contributed by atoms with E-state index in [0.717, 1.165) is 5.56 Å². The molecule has 0 radical (unpaired) electrons. The molecule has 0 fully saturated rings. The van der Waals surface area contributed by atoms with Gasteiger partial charge >= 0.3 is 0 Å². The number of benzene rings is 2. The van der Waals surface area contributed by atoms with Gasteiger partial charge in [0.1, 0.15) is 0 Å². The number of methoxy groups -OCH3 is 2. The normalized spacial score (nSPS) is 13.5. The Kier molecular flexibility index (Phi) is 6.42. The zero-order valence-corrected chi connectivity index (χ0v) is 16.7. The van der Waals surface area contributed by atoms with E-state index in [2.05, 4.69) is 83.1 Å². The Morgan fingerprint density at radius 2 is 1.08 bits per heavy atom. The van der Waals surface area contributed by atoms with Gasteiger partial charge in [-0.1, -0.05) is 83.1 Å². The summed E-state index contributed by atoms with van der Waals surface area (Å²) in [5.74, 6) is 0.0890. The van der Waals surface area contributed by atoms with Gasteiger partial charge in [-0.2, -0.15) is 0 Å². The van der Waals surface area contributed by atoms with Crippen LogP contribution in [-0.4, -0.2) is 14.2 Å². The lowest BCUT2D eigenvalue weighted by atomic mass is 9.79. The highest BCUT2D eigenvalue weighted by Gasteiger charge is 2.42. The second kappa shape index (κ2) is 8.16. The minimum atomic E-state index is -0.814. The Bertz CT molecular complexity index is 684. The Labute approximate surface area is 153 Å². The molecule has 2 aromatic carbocycles. The van der Waals surface area contributed by atoms with Crippen molar-refractivity contribution in [1.82, 2.24) is 0 Å². The lowest BCUT2D eigenvalue weighted by Gasteiger charge is -2.40. The van der Waals surface area contributed by atoms with E-state index in [4.69, 9.17) is 9.47 Å². The van der Waals surface area contributed by atoms with Gasteiger partial charge in [-0.05, 0) is 28.5 Å². The van der Waals surface area contributed by atoms with E-state index in [1.54, 1.807) is 14.2 Å². The summed E-state index contributed by atoms with van der Waals surface area (Å²) >= 11 is 0. The molecular formula is C23H32O2. The molecule has 0 aromatic heterocycles. The van der Waals surface area contributed by atoms with Crippen molar-refractivity contribution in [2.45, 2.75) is 58.2 Å². The van der Waals surface area contributed by atoms with Crippen LogP contribution in [0.15, 0.2) is 48.5 Å². The van der Waals surface area contributed by atoms with Crippen LogP contribution in [0.2, 0.25) is 0 Å². The quantitative estimate of drug-likeness (QED) is 0.560. The molecule has 0 bridgehead atoms. The summed E-state index contributed by atoms with van der Waals surface area (Å²) in [4.78, 5) is 0. The molecule has 25 heavy (non-hydrogen) atoms. The van der Waals surface area contributed by atoms with E-state index in [1.165, 1.54) is 16.7 Å². The number of rotatable bonds is 7. The van der Waals surface area contributed by atoms with Crippen LogP contribution >= 0.6 is 0 Å². The van der Waals surface area contributed by atoms with Crippen molar-refractivity contribution in [3.8, 4) is 0 Å². The Hall–Kier alpha value is -1.64. The molecule has 0 saturated heterocycles. The van der Waals surface area contributed by atoms with Crippen molar-refractivity contribution < 1.29 is 9.47 Å². The van der Waals surface area contributed by atoms with Gasteiger partial charge in [-0.25, -0.2) is 0 Å². The molecular weight excluding hydrogens is 308 g/mol. The molecule has 136 valence electrons. The van der Waals surface area contributed by atoms with Gasteiger partial charge < -0.3 is 9.47 Å². The maximum atomic E-state index is 6.09. The lowest BCUT2D eigenvalue weighted by Crippen LogP contribution is -2.38. The highest BCUT2D eigenvalue weighted by atomic mass is 16.7. The van der Waals surface area contributed by atoms with Crippen molar-refractivity contribution in [3.05, 3.63) is 70.8 Å². The average Bonchev–Trinajstić information content (AvgIpc) is 2.63. The van der Waals surface area contributed by atoms with Crippen LogP contribution in [0.3, 0.4) is 0 Å². The lowest BCUT2D eigenvalue weighted by molar-refractivity contribution is -0.229. The minimum absolute atomic E-state index is 0.0565. The van der Waals surface area contributed by atoms with Crippen molar-refractivity contribution in [2.75, 3.05) is 14.2 Å². The first-order valence-electron chi connectivity index (χ1n) is 9.17. The Morgan fingerprint density at radius 1 is 0.640 bits per heavy atom. The van der Waals surface area contributed by atoms with Crippen LogP contribution in [0.5, 0.6) is 0 Å². The molecule has 0 aliphatic heterocycles. The van der Waals surface area contributed by atoms with Crippen LogP contribution in [0.25, 0.3) is 0 Å². The van der Waals surface area contributed by atoms with E-state index >= 15 is 0 Å². The number of hydrogen-bond acceptors (Lipinski definition) is 2. The van der Waals surface area contributed by atoms with Gasteiger partial charge in [-0.15, -0.1) is 0 Å². The molecule has 0 amide bonds. The van der Waals surface area contributed by atoms with E-state index in [9.17, 15) is 0 Å². The van der Waals surface area contributed by atoms with Gasteiger partial charge in [-0.3, -0.25) is 0 Å². The van der Waals surface area contributed by atoms with Gasteiger partial charge in [0.05, 0.1) is 0 Å². The topological polar surface area (TPSA) is 18.5 Å². The predicted octanol–water partition coefficient (Wildman–Crippen LogP) is 6.18. The smallest absolute Gasteiger partial charge is 0.201 e. The fourth-order valence-electron chi connectivity index (χ4n) is 3.84. The first-order valence-corrected chi connectivity index (χ1v) is 9.17. The van der Waals surface area contributed by atoms with Crippen LogP contribution in [0.1, 0.15) is 74.6 Å². The van der Waals surface area contributed by atoms with Crippen molar-refractivity contribution in [1.29, 1.82) is 0 Å². The SMILES string of the molecule is COC(OC)(c1ccccc1C(C)C)C(C)c1ccccc1C(C)C. The van der Waals surface area contributed by atoms with Crippen LogP contribution in [0.4, 0.5) is 0 Å². The van der Waals surface area contributed by atoms with Crippen molar-refractivity contribution in [3.63, 3.8) is 0 Å². The third-order valence-corrected chi connectivity index (χ3v) is 5.22. The maximum absolute atomic E-state index is 6.09. The van der Waals surface area contributed by atoms with Gasteiger partial charge in [0, 0.05) is 25.7 Å². The zero-order chi connectivity index (χ0) is 18.6. The summed E-state index contributed by atoms with van der Waals surface area (Å²) in [5, 5.41) is 0. The second-order valence-electron chi connectivity index (χ2n) is 7.32. The summed E-state index contributed by atoms with van der Waals surface area (Å²) in [6, 6.07) is 17.1. The summed E-state index contributed by atoms with van der Waals surface area (Å²) in [7, 11) is 3.49. The van der Waals surface area contributed by atoms with E-state index in [-0.39, 0.29) is 5.92 Å². The number of ether oxygens (including phenoxy) is 2. The van der Waals surface area contributed by atoms with E-state index in [0.29, 0.717) is 11.8 Å². The predicted molar refractivity (Wildman–Crippen MR) is 105 cm³/mol. The molecule has 2 nitrogen and oxygen atoms in total. The molecule has 0 spiro atoms. The molecule has 2 aromatic rings. The fourth-order valence-corrected chi connectivity index (χ4v) is 3.84. The third kappa shape index (κ3) is 3.65. The second-order valence-corrected chi connectivity index (χ2v) is 7.32. The van der Waals surface area contributed by atoms with Crippen LogP contribution in [-0.2, 0) is 15.3 Å². The first-order chi connectivity index (χ1) is 11.9. The summed E-state index contributed by atoms with van der Waals surface area (Å²) in [5.41, 5.74) is 5.00. The third-order valence-electron chi connectivity index (χ3n) is 5.22.